The van der Waals surface area contributed by atoms with Gasteiger partial charge < -0.3 is 24.2 Å². The lowest BCUT2D eigenvalue weighted by atomic mass is 10.0. The second-order valence-electron chi connectivity index (χ2n) is 9.84. The van der Waals surface area contributed by atoms with Crippen LogP contribution in [0, 0.1) is 5.92 Å². The first-order valence-electron chi connectivity index (χ1n) is 12.5. The van der Waals surface area contributed by atoms with Gasteiger partial charge in [-0.25, -0.2) is 4.68 Å². The highest BCUT2D eigenvalue weighted by atomic mass is 16.5. The van der Waals surface area contributed by atoms with Crippen LogP contribution in [0.5, 0.6) is 0 Å². The number of carbonyl (C=O) groups is 2. The van der Waals surface area contributed by atoms with Crippen LogP contribution in [-0.4, -0.2) is 85.2 Å². The Morgan fingerprint density at radius 2 is 2.14 bits per heavy atom. The Hall–Kier alpha value is -3.24. The zero-order valence-corrected chi connectivity index (χ0v) is 21.5. The Balaban J connectivity index is 1.56. The van der Waals surface area contributed by atoms with Gasteiger partial charge in [-0.1, -0.05) is 18.2 Å². The molecule has 1 aliphatic heterocycles. The first-order chi connectivity index (χ1) is 17.3. The second kappa shape index (κ2) is 11.2. The summed E-state index contributed by atoms with van der Waals surface area (Å²) in [7, 11) is 3.73. The van der Waals surface area contributed by atoms with Gasteiger partial charge in [-0.15, -0.1) is 5.10 Å². The summed E-state index contributed by atoms with van der Waals surface area (Å²) in [5.41, 5.74) is 2.45. The number of hydrogen-bond acceptors (Lipinski definition) is 6. The van der Waals surface area contributed by atoms with Crippen LogP contribution in [0.1, 0.15) is 42.7 Å². The predicted molar refractivity (Wildman–Crippen MR) is 135 cm³/mol. The van der Waals surface area contributed by atoms with E-state index in [0.29, 0.717) is 44.6 Å². The molecule has 3 heterocycles. The summed E-state index contributed by atoms with van der Waals surface area (Å²) in [4.78, 5) is 29.8. The molecule has 0 aliphatic carbocycles. The molecule has 0 spiro atoms. The molecule has 3 atom stereocenters. The SMILES string of the molecule is C[C@@H]1CN([C@@H](C)CO)C(=O)CCCn2nncc2CO[C@H]1CN(C)C(=O)c1ccc2ccn(C)c2c1. The number of fused-ring (bicyclic) bond motifs is 2. The number of carbonyl (C=O) groups excluding carboxylic acids is 2. The van der Waals surface area contributed by atoms with Crippen LogP contribution in [0.15, 0.2) is 36.7 Å². The van der Waals surface area contributed by atoms with E-state index in [-0.39, 0.29) is 36.5 Å². The molecule has 10 nitrogen and oxygen atoms in total. The van der Waals surface area contributed by atoms with E-state index in [1.165, 1.54) is 0 Å². The number of aromatic nitrogens is 4. The van der Waals surface area contributed by atoms with Gasteiger partial charge in [0.15, 0.2) is 0 Å². The minimum absolute atomic E-state index is 0.00955. The Morgan fingerprint density at radius 3 is 2.92 bits per heavy atom. The van der Waals surface area contributed by atoms with Gasteiger partial charge in [0.2, 0.25) is 5.91 Å². The molecule has 10 heteroatoms. The highest BCUT2D eigenvalue weighted by Gasteiger charge is 2.29. The summed E-state index contributed by atoms with van der Waals surface area (Å²) >= 11 is 0. The van der Waals surface area contributed by atoms with Crippen LogP contribution in [0.2, 0.25) is 0 Å². The number of amides is 2. The molecular formula is C26H36N6O4. The molecule has 4 rings (SSSR count). The molecule has 194 valence electrons. The maximum absolute atomic E-state index is 13.3. The number of likely N-dealkylation sites (N-methyl/N-ethyl adjacent to an activating group) is 1. The lowest BCUT2D eigenvalue weighted by Gasteiger charge is -2.35. The molecule has 0 bridgehead atoms. The van der Waals surface area contributed by atoms with Crippen LogP contribution in [-0.2, 0) is 29.7 Å². The van der Waals surface area contributed by atoms with Crippen molar-refractivity contribution in [3.8, 4) is 0 Å². The second-order valence-corrected chi connectivity index (χ2v) is 9.84. The third-order valence-electron chi connectivity index (χ3n) is 7.08. The highest BCUT2D eigenvalue weighted by molar-refractivity contribution is 5.98. The minimum Gasteiger partial charge on any atom is -0.394 e. The largest absolute Gasteiger partial charge is 0.394 e. The Labute approximate surface area is 211 Å². The average molecular weight is 497 g/mol. The fourth-order valence-corrected chi connectivity index (χ4v) is 4.71. The molecule has 1 N–H and O–H groups in total. The zero-order chi connectivity index (χ0) is 25.8. The summed E-state index contributed by atoms with van der Waals surface area (Å²) in [6.07, 6.45) is 4.30. The third-order valence-corrected chi connectivity index (χ3v) is 7.08. The smallest absolute Gasteiger partial charge is 0.253 e. The molecule has 3 aromatic rings. The number of aliphatic hydroxyl groups is 1. The van der Waals surface area contributed by atoms with Gasteiger partial charge in [-0.3, -0.25) is 9.59 Å². The van der Waals surface area contributed by atoms with Crippen LogP contribution < -0.4 is 0 Å². The lowest BCUT2D eigenvalue weighted by Crippen LogP contribution is -2.48. The summed E-state index contributed by atoms with van der Waals surface area (Å²) in [6.45, 7) is 5.40. The monoisotopic (exact) mass is 496 g/mol. The van der Waals surface area contributed by atoms with Crippen molar-refractivity contribution >= 4 is 22.7 Å². The molecule has 2 aromatic heterocycles. The molecule has 2 amide bonds. The fraction of sp³-hybridized carbons (Fsp3) is 0.538. The van der Waals surface area contributed by atoms with Gasteiger partial charge in [0.05, 0.1) is 37.3 Å². The number of benzene rings is 1. The number of nitrogens with zero attached hydrogens (tertiary/aromatic N) is 6. The molecular weight excluding hydrogens is 460 g/mol. The van der Waals surface area contributed by atoms with E-state index in [1.54, 1.807) is 27.7 Å². The molecule has 36 heavy (non-hydrogen) atoms. The maximum Gasteiger partial charge on any atom is 0.253 e. The molecule has 1 aromatic carbocycles. The third kappa shape index (κ3) is 5.60. The number of rotatable bonds is 5. The summed E-state index contributed by atoms with van der Waals surface area (Å²) in [5, 5.41) is 19.0. The molecule has 0 fully saturated rings. The summed E-state index contributed by atoms with van der Waals surface area (Å²) in [5.74, 6) is -0.189. The first-order valence-corrected chi connectivity index (χ1v) is 12.5. The van der Waals surface area contributed by atoms with Gasteiger partial charge in [0, 0.05) is 63.3 Å². The first kappa shape index (κ1) is 25.8. The number of aliphatic hydroxyl groups excluding tert-OH is 1. The van der Waals surface area contributed by atoms with Crippen LogP contribution in [0.25, 0.3) is 10.9 Å². The van der Waals surface area contributed by atoms with Crippen molar-refractivity contribution in [1.82, 2.24) is 29.4 Å². The Kier molecular flexibility index (Phi) is 8.05. The maximum atomic E-state index is 13.3. The molecule has 0 unspecified atom stereocenters. The highest BCUT2D eigenvalue weighted by Crippen LogP contribution is 2.21. The minimum atomic E-state index is -0.346. The Morgan fingerprint density at radius 1 is 1.33 bits per heavy atom. The molecule has 0 saturated heterocycles. The van der Waals surface area contributed by atoms with Crippen molar-refractivity contribution < 1.29 is 19.4 Å². The van der Waals surface area contributed by atoms with Gasteiger partial charge in [-0.05, 0) is 36.9 Å². The Bertz CT molecular complexity index is 1200. The van der Waals surface area contributed by atoms with Gasteiger partial charge in [-0.2, -0.15) is 0 Å². The van der Waals surface area contributed by atoms with Crippen molar-refractivity contribution in [2.75, 3.05) is 26.7 Å². The van der Waals surface area contributed by atoms with E-state index < -0.39 is 0 Å². The van der Waals surface area contributed by atoms with Gasteiger partial charge in [0.25, 0.3) is 5.91 Å². The van der Waals surface area contributed by atoms with Crippen molar-refractivity contribution in [3.05, 3.63) is 47.9 Å². The summed E-state index contributed by atoms with van der Waals surface area (Å²) in [6, 6.07) is 7.43. The predicted octanol–water partition coefficient (Wildman–Crippen LogP) is 2.07. The van der Waals surface area contributed by atoms with E-state index in [2.05, 4.69) is 10.3 Å². The summed E-state index contributed by atoms with van der Waals surface area (Å²) < 4.78 is 10.1. The fourth-order valence-electron chi connectivity index (χ4n) is 4.71. The van der Waals surface area contributed by atoms with Crippen molar-refractivity contribution in [2.24, 2.45) is 13.0 Å². The van der Waals surface area contributed by atoms with Crippen molar-refractivity contribution in [3.63, 3.8) is 0 Å². The number of ether oxygens (including phenoxy) is 1. The zero-order valence-electron chi connectivity index (χ0n) is 21.5. The van der Waals surface area contributed by atoms with E-state index in [1.807, 2.05) is 55.9 Å². The molecule has 0 radical (unpaired) electrons. The van der Waals surface area contributed by atoms with Gasteiger partial charge in [0.1, 0.15) is 0 Å². The van der Waals surface area contributed by atoms with Crippen LogP contribution in [0.3, 0.4) is 0 Å². The average Bonchev–Trinajstić information content (AvgIpc) is 3.48. The number of aryl methyl sites for hydroxylation is 2. The van der Waals surface area contributed by atoms with E-state index >= 15 is 0 Å². The molecule has 0 saturated carbocycles. The number of hydrogen-bond donors (Lipinski definition) is 1. The van der Waals surface area contributed by atoms with E-state index in [4.69, 9.17) is 4.74 Å². The quantitative estimate of drug-likeness (QED) is 0.580. The lowest BCUT2D eigenvalue weighted by molar-refractivity contribution is -0.136. The van der Waals surface area contributed by atoms with Crippen LogP contribution in [0.4, 0.5) is 0 Å². The van der Waals surface area contributed by atoms with E-state index in [9.17, 15) is 14.7 Å². The van der Waals surface area contributed by atoms with Crippen molar-refractivity contribution in [1.29, 1.82) is 0 Å². The molecule has 1 aliphatic rings. The topological polar surface area (TPSA) is 106 Å². The van der Waals surface area contributed by atoms with Crippen LogP contribution >= 0.6 is 0 Å². The standard InChI is InChI=1S/C26H36N6O4/c1-18-14-31(19(2)16-33)25(34)6-5-10-32-22(13-27-28-32)17-36-24(18)15-30(4)26(35)21-8-7-20-9-11-29(3)23(20)12-21/h7-9,11-13,18-19,24,33H,5-6,10,14-17H2,1-4H3/t18-,19+,24+/m1/s1. The van der Waals surface area contributed by atoms with Gasteiger partial charge >= 0.3 is 0 Å². The normalized spacial score (nSPS) is 20.5. The van der Waals surface area contributed by atoms with E-state index in [0.717, 1.165) is 16.6 Å². The van der Waals surface area contributed by atoms with Crippen molar-refractivity contribution in [2.45, 2.75) is 52.0 Å².